The number of aromatic hydroxyl groups is 1. The summed E-state index contributed by atoms with van der Waals surface area (Å²) in [6, 6.07) is 8.75. The van der Waals surface area contributed by atoms with Gasteiger partial charge in [0.25, 0.3) is 0 Å². The standard InChI is InChI=1S/C22H24ClNO5/c1-27-19-13-20(28-2)21(18(25)8-5-15-3-6-16(23)7-4-15)22(26)17(19)14-24-9-11-29-12-10-24/h3-8,13,26H,9-12,14H2,1-2H3. The van der Waals surface area contributed by atoms with Crippen LogP contribution in [0.15, 0.2) is 36.4 Å². The molecule has 7 heteroatoms. The Kier molecular flexibility index (Phi) is 7.14. The molecular weight excluding hydrogens is 394 g/mol. The van der Waals surface area contributed by atoms with Crippen molar-refractivity contribution < 1.29 is 24.1 Å². The number of benzene rings is 2. The molecule has 29 heavy (non-hydrogen) atoms. The van der Waals surface area contributed by atoms with Crippen LogP contribution in [0, 0.1) is 0 Å². The van der Waals surface area contributed by atoms with Gasteiger partial charge in [0.2, 0.25) is 0 Å². The van der Waals surface area contributed by atoms with E-state index in [0.717, 1.165) is 18.7 Å². The number of rotatable bonds is 7. The van der Waals surface area contributed by atoms with Crippen molar-refractivity contribution in [3.8, 4) is 17.2 Å². The van der Waals surface area contributed by atoms with Crippen molar-refractivity contribution in [2.24, 2.45) is 0 Å². The van der Waals surface area contributed by atoms with Crippen molar-refractivity contribution in [2.75, 3.05) is 40.5 Å². The molecule has 1 saturated heterocycles. The van der Waals surface area contributed by atoms with Gasteiger partial charge < -0.3 is 19.3 Å². The zero-order valence-electron chi connectivity index (χ0n) is 16.5. The Bertz CT molecular complexity index is 889. The van der Waals surface area contributed by atoms with Crippen molar-refractivity contribution in [1.82, 2.24) is 4.90 Å². The van der Waals surface area contributed by atoms with Gasteiger partial charge in [0, 0.05) is 30.7 Å². The Balaban J connectivity index is 1.94. The second-order valence-corrected chi connectivity index (χ2v) is 7.06. The Morgan fingerprint density at radius 3 is 2.45 bits per heavy atom. The third-order valence-electron chi connectivity index (χ3n) is 4.80. The fraction of sp³-hybridized carbons (Fsp3) is 0.318. The molecule has 0 unspecified atom stereocenters. The van der Waals surface area contributed by atoms with Crippen LogP contribution in [0.3, 0.4) is 0 Å². The number of phenolic OH excluding ortho intramolecular Hbond substituents is 1. The third kappa shape index (κ3) is 5.09. The first-order valence-electron chi connectivity index (χ1n) is 9.28. The van der Waals surface area contributed by atoms with Gasteiger partial charge in [-0.25, -0.2) is 0 Å². The highest BCUT2D eigenvalue weighted by Gasteiger charge is 2.25. The van der Waals surface area contributed by atoms with Crippen LogP contribution in [0.4, 0.5) is 0 Å². The van der Waals surface area contributed by atoms with E-state index in [1.54, 1.807) is 36.4 Å². The molecular formula is C22H24ClNO5. The maximum Gasteiger partial charge on any atom is 0.193 e. The second kappa shape index (κ2) is 9.78. The van der Waals surface area contributed by atoms with E-state index in [-0.39, 0.29) is 22.8 Å². The van der Waals surface area contributed by atoms with Crippen molar-refractivity contribution in [2.45, 2.75) is 6.54 Å². The minimum absolute atomic E-state index is 0.113. The van der Waals surface area contributed by atoms with Crippen LogP contribution in [0.1, 0.15) is 21.5 Å². The molecule has 2 aromatic rings. The van der Waals surface area contributed by atoms with Gasteiger partial charge in [-0.1, -0.05) is 29.8 Å². The van der Waals surface area contributed by atoms with Crippen molar-refractivity contribution >= 4 is 23.5 Å². The van der Waals surface area contributed by atoms with Crippen LogP contribution in [0.5, 0.6) is 17.2 Å². The first-order valence-corrected chi connectivity index (χ1v) is 9.66. The maximum absolute atomic E-state index is 12.9. The molecule has 3 rings (SSSR count). The molecule has 1 fully saturated rings. The van der Waals surface area contributed by atoms with Crippen LogP contribution >= 0.6 is 11.6 Å². The zero-order valence-corrected chi connectivity index (χ0v) is 17.2. The van der Waals surface area contributed by atoms with Gasteiger partial charge in [-0.15, -0.1) is 0 Å². The molecule has 0 spiro atoms. The Labute approximate surface area is 175 Å². The third-order valence-corrected chi connectivity index (χ3v) is 5.05. The van der Waals surface area contributed by atoms with Gasteiger partial charge in [0.15, 0.2) is 5.78 Å². The lowest BCUT2D eigenvalue weighted by Crippen LogP contribution is -2.35. The van der Waals surface area contributed by atoms with Crippen LogP contribution in [0.25, 0.3) is 6.08 Å². The Morgan fingerprint density at radius 2 is 1.83 bits per heavy atom. The summed E-state index contributed by atoms with van der Waals surface area (Å²) < 4.78 is 16.2. The number of morpholine rings is 1. The number of hydrogen-bond acceptors (Lipinski definition) is 6. The highest BCUT2D eigenvalue weighted by molar-refractivity contribution is 6.30. The van der Waals surface area contributed by atoms with Gasteiger partial charge in [0.1, 0.15) is 22.8 Å². The fourth-order valence-electron chi connectivity index (χ4n) is 3.21. The summed E-state index contributed by atoms with van der Waals surface area (Å²) in [4.78, 5) is 15.0. The summed E-state index contributed by atoms with van der Waals surface area (Å²) in [5.41, 5.74) is 1.49. The molecule has 6 nitrogen and oxygen atoms in total. The first kappa shape index (κ1) is 21.2. The van der Waals surface area contributed by atoms with E-state index in [4.69, 9.17) is 25.8 Å². The molecule has 1 aliphatic heterocycles. The predicted octanol–water partition coefficient (Wildman–Crippen LogP) is 3.79. The van der Waals surface area contributed by atoms with E-state index in [1.807, 2.05) is 0 Å². The van der Waals surface area contributed by atoms with Crippen molar-refractivity contribution in [3.05, 3.63) is 58.1 Å². The van der Waals surface area contributed by atoms with Crippen LogP contribution in [-0.2, 0) is 11.3 Å². The quantitative estimate of drug-likeness (QED) is 0.546. The zero-order chi connectivity index (χ0) is 20.8. The SMILES string of the molecule is COc1cc(OC)c(C(=O)C=Cc2ccc(Cl)cc2)c(O)c1CN1CCOCC1. The van der Waals surface area contributed by atoms with Gasteiger partial charge in [0.05, 0.1) is 33.0 Å². The molecule has 1 heterocycles. The molecule has 0 atom stereocenters. The number of halogens is 1. The second-order valence-electron chi connectivity index (χ2n) is 6.62. The average molecular weight is 418 g/mol. The van der Waals surface area contributed by atoms with Crippen molar-refractivity contribution in [3.63, 3.8) is 0 Å². The lowest BCUT2D eigenvalue weighted by molar-refractivity contribution is 0.0335. The lowest BCUT2D eigenvalue weighted by atomic mass is 10.0. The predicted molar refractivity (Wildman–Crippen MR) is 112 cm³/mol. The first-order chi connectivity index (χ1) is 14.0. The molecule has 154 valence electrons. The summed E-state index contributed by atoms with van der Waals surface area (Å²) in [7, 11) is 2.98. The van der Waals surface area contributed by atoms with E-state index in [9.17, 15) is 9.90 Å². The number of ketones is 1. The maximum atomic E-state index is 12.9. The molecule has 0 aromatic heterocycles. The highest BCUT2D eigenvalue weighted by atomic mass is 35.5. The van der Waals surface area contributed by atoms with E-state index in [1.165, 1.54) is 20.3 Å². The average Bonchev–Trinajstić information content (AvgIpc) is 2.75. The van der Waals surface area contributed by atoms with Gasteiger partial charge in [-0.05, 0) is 23.8 Å². The number of ether oxygens (including phenoxy) is 3. The lowest BCUT2D eigenvalue weighted by Gasteiger charge is -2.28. The number of hydrogen-bond donors (Lipinski definition) is 1. The topological polar surface area (TPSA) is 68.2 Å². The normalized spacial score (nSPS) is 14.9. The minimum Gasteiger partial charge on any atom is -0.507 e. The summed E-state index contributed by atoms with van der Waals surface area (Å²) in [6.45, 7) is 3.20. The largest absolute Gasteiger partial charge is 0.507 e. The number of nitrogens with zero attached hydrogens (tertiary/aromatic N) is 1. The van der Waals surface area contributed by atoms with Crippen LogP contribution in [-0.4, -0.2) is 56.3 Å². The summed E-state index contributed by atoms with van der Waals surface area (Å²) >= 11 is 5.89. The molecule has 2 aromatic carbocycles. The highest BCUT2D eigenvalue weighted by Crippen LogP contribution is 2.40. The number of phenols is 1. The number of carbonyl (C=O) groups excluding carboxylic acids is 1. The number of carbonyl (C=O) groups is 1. The van der Waals surface area contributed by atoms with Gasteiger partial charge >= 0.3 is 0 Å². The van der Waals surface area contributed by atoms with E-state index in [2.05, 4.69) is 4.90 Å². The van der Waals surface area contributed by atoms with E-state index < -0.39 is 0 Å². The molecule has 0 bridgehead atoms. The molecule has 1 N–H and O–H groups in total. The molecule has 0 saturated carbocycles. The summed E-state index contributed by atoms with van der Waals surface area (Å²) in [5, 5.41) is 11.6. The number of methoxy groups -OCH3 is 2. The Morgan fingerprint density at radius 1 is 1.17 bits per heavy atom. The monoisotopic (exact) mass is 417 g/mol. The molecule has 1 aliphatic rings. The van der Waals surface area contributed by atoms with Crippen LogP contribution < -0.4 is 9.47 Å². The molecule has 0 aliphatic carbocycles. The Hall–Kier alpha value is -2.54. The fourth-order valence-corrected chi connectivity index (χ4v) is 3.33. The smallest absolute Gasteiger partial charge is 0.193 e. The molecule has 0 radical (unpaired) electrons. The van der Waals surface area contributed by atoms with E-state index in [0.29, 0.717) is 36.1 Å². The van der Waals surface area contributed by atoms with Crippen LogP contribution in [0.2, 0.25) is 5.02 Å². The minimum atomic E-state index is -0.361. The van der Waals surface area contributed by atoms with E-state index >= 15 is 0 Å². The summed E-state index contributed by atoms with van der Waals surface area (Å²) in [5.74, 6) is 0.249. The summed E-state index contributed by atoms with van der Waals surface area (Å²) in [6.07, 6.45) is 3.08. The van der Waals surface area contributed by atoms with Gasteiger partial charge in [-0.3, -0.25) is 9.69 Å². The van der Waals surface area contributed by atoms with Gasteiger partial charge in [-0.2, -0.15) is 0 Å². The number of allylic oxidation sites excluding steroid dienone is 1. The van der Waals surface area contributed by atoms with Crippen molar-refractivity contribution in [1.29, 1.82) is 0 Å². The molecule has 0 amide bonds.